The van der Waals surface area contributed by atoms with Gasteiger partial charge < -0.3 is 30.1 Å². The van der Waals surface area contributed by atoms with Crippen LogP contribution in [0.25, 0.3) is 0 Å². The maximum Gasteiger partial charge on any atom is 0.406 e. The number of urea groups is 1. The molecule has 14 heteroatoms. The first kappa shape index (κ1) is 34.4. The molecular formula is C36H47F3N8O3. The van der Waals surface area contributed by atoms with Gasteiger partial charge in [0.25, 0.3) is 0 Å². The summed E-state index contributed by atoms with van der Waals surface area (Å²) in [5, 5.41) is 6.17. The Labute approximate surface area is 291 Å². The summed E-state index contributed by atoms with van der Waals surface area (Å²) in [6.45, 7) is 6.03. The summed E-state index contributed by atoms with van der Waals surface area (Å²) >= 11 is 0. The number of anilines is 5. The predicted molar refractivity (Wildman–Crippen MR) is 186 cm³/mol. The molecule has 0 atom stereocenters. The molecule has 1 spiro atoms. The highest BCUT2D eigenvalue weighted by atomic mass is 19.4. The third-order valence-corrected chi connectivity index (χ3v) is 11.3. The highest BCUT2D eigenvalue weighted by Gasteiger charge is 2.48. The van der Waals surface area contributed by atoms with Crippen LogP contribution in [0.5, 0.6) is 5.75 Å². The molecule has 2 aliphatic carbocycles. The number of hydrogen-bond donors (Lipinski definition) is 2. The van der Waals surface area contributed by atoms with E-state index in [1.807, 2.05) is 6.07 Å². The lowest BCUT2D eigenvalue weighted by Crippen LogP contribution is -2.55. The van der Waals surface area contributed by atoms with Crippen LogP contribution in [-0.2, 0) is 11.3 Å². The van der Waals surface area contributed by atoms with Crippen LogP contribution in [0.4, 0.5) is 46.8 Å². The molecule has 1 aromatic carbocycles. The number of alkyl halides is 3. The number of halogens is 3. The largest absolute Gasteiger partial charge is 0.494 e. The summed E-state index contributed by atoms with van der Waals surface area (Å²) in [5.41, 5.74) is 2.69. The molecule has 2 saturated heterocycles. The van der Waals surface area contributed by atoms with Gasteiger partial charge in [0.05, 0.1) is 30.7 Å². The van der Waals surface area contributed by atoms with Crippen molar-refractivity contribution in [2.75, 3.05) is 60.3 Å². The first-order chi connectivity index (χ1) is 24.0. The minimum absolute atomic E-state index is 0.162. The summed E-state index contributed by atoms with van der Waals surface area (Å²) in [7, 11) is 1.56. The van der Waals surface area contributed by atoms with Crippen molar-refractivity contribution in [3.8, 4) is 5.75 Å². The molecule has 3 aliphatic heterocycles. The van der Waals surface area contributed by atoms with Crippen LogP contribution in [-0.4, -0.2) is 89.8 Å². The fraction of sp³-hybridized carbons (Fsp3) is 0.611. The Kier molecular flexibility index (Phi) is 9.57. The lowest BCUT2D eigenvalue weighted by molar-refractivity contribution is -0.141. The van der Waals surface area contributed by atoms with Crippen molar-refractivity contribution in [3.63, 3.8) is 0 Å². The zero-order chi connectivity index (χ0) is 35.0. The molecule has 0 bridgehead atoms. The third kappa shape index (κ3) is 7.35. The van der Waals surface area contributed by atoms with E-state index < -0.39 is 18.8 Å². The molecule has 2 aromatic rings. The lowest BCUT2D eigenvalue weighted by atomic mass is 9.82. The molecule has 0 radical (unpaired) electrons. The van der Waals surface area contributed by atoms with Crippen LogP contribution in [0.1, 0.15) is 76.2 Å². The molecule has 50 heavy (non-hydrogen) atoms. The number of benzene rings is 1. The molecule has 5 aliphatic rings. The number of fused-ring (bicyclic) bond motifs is 1. The Morgan fingerprint density at radius 2 is 1.74 bits per heavy atom. The van der Waals surface area contributed by atoms with E-state index in [1.165, 1.54) is 49.3 Å². The van der Waals surface area contributed by atoms with E-state index in [9.17, 15) is 22.8 Å². The van der Waals surface area contributed by atoms with Crippen molar-refractivity contribution in [3.05, 3.63) is 36.5 Å². The monoisotopic (exact) mass is 696 g/mol. The zero-order valence-electron chi connectivity index (χ0n) is 28.7. The fourth-order valence-electron chi connectivity index (χ4n) is 8.37. The molecule has 11 nitrogen and oxygen atoms in total. The number of carbonyl (C=O) groups excluding carboxylic acids is 2. The topological polar surface area (TPSA) is 106 Å². The summed E-state index contributed by atoms with van der Waals surface area (Å²) in [6, 6.07) is 3.29. The van der Waals surface area contributed by atoms with Crippen molar-refractivity contribution in [1.29, 1.82) is 0 Å². The second kappa shape index (κ2) is 13.9. The van der Waals surface area contributed by atoms with E-state index >= 15 is 0 Å². The van der Waals surface area contributed by atoms with Crippen molar-refractivity contribution in [2.24, 2.45) is 5.41 Å². The number of piperidine rings is 2. The van der Waals surface area contributed by atoms with Gasteiger partial charge in [-0.15, -0.1) is 0 Å². The van der Waals surface area contributed by atoms with E-state index in [4.69, 9.17) is 9.72 Å². The Balaban J connectivity index is 1.16. The van der Waals surface area contributed by atoms with Gasteiger partial charge in [-0.1, -0.05) is 13.0 Å². The summed E-state index contributed by atoms with van der Waals surface area (Å²) in [6.07, 6.45) is 9.72. The molecule has 1 aromatic heterocycles. The minimum atomic E-state index is -4.53. The van der Waals surface area contributed by atoms with Gasteiger partial charge in [0.1, 0.15) is 18.1 Å². The highest BCUT2D eigenvalue weighted by molar-refractivity contribution is 6.02. The first-order valence-corrected chi connectivity index (χ1v) is 18.0. The molecule has 0 unspecified atom stereocenters. The quantitative estimate of drug-likeness (QED) is 0.275. The number of rotatable bonds is 9. The summed E-state index contributed by atoms with van der Waals surface area (Å²) in [5.74, 6) is 0.640. The Bertz CT molecular complexity index is 1590. The van der Waals surface area contributed by atoms with E-state index in [0.29, 0.717) is 52.8 Å². The van der Waals surface area contributed by atoms with Crippen molar-refractivity contribution in [1.82, 2.24) is 19.8 Å². The number of aromatic nitrogens is 2. The second-order valence-corrected chi connectivity index (χ2v) is 14.6. The first-order valence-electron chi connectivity index (χ1n) is 18.0. The van der Waals surface area contributed by atoms with Crippen LogP contribution < -0.4 is 25.2 Å². The molecule has 270 valence electrons. The standard InChI is InChI=1S/C36H47F3N8O3/c1-3-31(48)41-27-19-28(30(50-2)20-29(27)45-17-9-25(10-18-45)44-15-5-4-6-16-44)42-33-40-21-24-22-46(23-36(37,38)39)34(49)47(32(24)43-33)26-7-11-35(12-8-26)13-14-35/h3,19-21,25-26H,1,4-18,22-23H2,2H3,(H,41,48)(H,40,42,43). The van der Waals surface area contributed by atoms with Gasteiger partial charge in [0, 0.05) is 43.0 Å². The SMILES string of the molecule is C=CC(=O)Nc1cc(Nc2ncc3c(n2)N(C2CCC4(CC2)CC4)C(=O)N(CC(F)(F)F)C3)c(OC)cc1N1CCC(N2CCCCC2)CC1. The smallest absolute Gasteiger partial charge is 0.406 e. The number of nitrogens with one attached hydrogen (secondary N) is 2. The van der Waals surface area contributed by atoms with Crippen LogP contribution >= 0.6 is 0 Å². The average Bonchev–Trinajstić information content (AvgIpc) is 3.88. The van der Waals surface area contributed by atoms with Crippen molar-refractivity contribution < 1.29 is 27.5 Å². The third-order valence-electron chi connectivity index (χ3n) is 11.3. The number of methoxy groups -OCH3 is 1. The van der Waals surface area contributed by atoms with Gasteiger partial charge in [0.2, 0.25) is 11.9 Å². The van der Waals surface area contributed by atoms with E-state index in [0.717, 1.165) is 62.4 Å². The molecular weight excluding hydrogens is 649 g/mol. The van der Waals surface area contributed by atoms with Gasteiger partial charge in [0.15, 0.2) is 0 Å². The summed E-state index contributed by atoms with van der Waals surface area (Å²) < 4.78 is 46.4. The number of nitrogens with zero attached hydrogens (tertiary/aromatic N) is 6. The van der Waals surface area contributed by atoms with Crippen LogP contribution in [0.2, 0.25) is 0 Å². The number of ether oxygens (including phenoxy) is 1. The van der Waals surface area contributed by atoms with Crippen LogP contribution in [0.3, 0.4) is 0 Å². The highest BCUT2D eigenvalue weighted by Crippen LogP contribution is 2.57. The molecule has 4 heterocycles. The van der Waals surface area contributed by atoms with Crippen LogP contribution in [0.15, 0.2) is 31.0 Å². The Morgan fingerprint density at radius 3 is 2.38 bits per heavy atom. The number of carbonyl (C=O) groups is 2. The van der Waals surface area contributed by atoms with Gasteiger partial charge >= 0.3 is 12.2 Å². The van der Waals surface area contributed by atoms with Crippen LogP contribution in [0, 0.1) is 5.41 Å². The van der Waals surface area contributed by atoms with Crippen molar-refractivity contribution in [2.45, 2.75) is 95.4 Å². The number of amides is 3. The molecule has 7 rings (SSSR count). The molecule has 2 saturated carbocycles. The van der Waals surface area contributed by atoms with Gasteiger partial charge in [-0.2, -0.15) is 18.2 Å². The zero-order valence-corrected chi connectivity index (χ0v) is 28.7. The molecule has 2 N–H and O–H groups in total. The average molecular weight is 697 g/mol. The summed E-state index contributed by atoms with van der Waals surface area (Å²) in [4.78, 5) is 42.7. The molecule has 3 amide bonds. The predicted octanol–water partition coefficient (Wildman–Crippen LogP) is 6.84. The number of hydrogen-bond acceptors (Lipinski definition) is 8. The molecule has 4 fully saturated rings. The van der Waals surface area contributed by atoms with E-state index in [2.05, 4.69) is 32.0 Å². The Hall–Kier alpha value is -4.07. The fourth-order valence-corrected chi connectivity index (χ4v) is 8.37. The Morgan fingerprint density at radius 1 is 1.02 bits per heavy atom. The van der Waals surface area contributed by atoms with E-state index in [-0.39, 0.29) is 24.4 Å². The second-order valence-electron chi connectivity index (χ2n) is 14.6. The van der Waals surface area contributed by atoms with Crippen molar-refractivity contribution >= 4 is 40.8 Å². The maximum atomic E-state index is 13.7. The minimum Gasteiger partial charge on any atom is -0.494 e. The maximum absolute atomic E-state index is 13.7. The number of likely N-dealkylation sites (tertiary alicyclic amines) is 1. The van der Waals surface area contributed by atoms with Gasteiger partial charge in [-0.05, 0) is 94.9 Å². The van der Waals surface area contributed by atoms with E-state index in [1.54, 1.807) is 13.2 Å². The van der Waals surface area contributed by atoms with Gasteiger partial charge in [-0.3, -0.25) is 9.69 Å². The normalized spacial score (nSPS) is 21.6. The van der Waals surface area contributed by atoms with Gasteiger partial charge in [-0.25, -0.2) is 9.78 Å². The lowest BCUT2D eigenvalue weighted by Gasteiger charge is -2.42.